The third-order valence-corrected chi connectivity index (χ3v) is 3.23. The van der Waals surface area contributed by atoms with Gasteiger partial charge in [0.2, 0.25) is 0 Å². The van der Waals surface area contributed by atoms with Crippen LogP contribution >= 0.6 is 23.2 Å². The monoisotopic (exact) mass is 247 g/mol. The minimum absolute atomic E-state index is 0.487. The van der Waals surface area contributed by atoms with E-state index in [9.17, 15) is 0 Å². The molecule has 0 saturated heterocycles. The van der Waals surface area contributed by atoms with Crippen molar-refractivity contribution in [2.45, 2.75) is 13.5 Å². The summed E-state index contributed by atoms with van der Waals surface area (Å²) in [6, 6.07) is 3.78. The van der Waals surface area contributed by atoms with Crippen molar-refractivity contribution >= 4 is 23.2 Å². The molecule has 0 atom stereocenters. The predicted octanol–water partition coefficient (Wildman–Crippen LogP) is 3.45. The van der Waals surface area contributed by atoms with Crippen molar-refractivity contribution < 1.29 is 4.74 Å². The van der Waals surface area contributed by atoms with Gasteiger partial charge in [0, 0.05) is 6.54 Å². The fourth-order valence-electron chi connectivity index (χ4n) is 1.25. The molecule has 0 aliphatic carbocycles. The first-order valence-corrected chi connectivity index (χ1v) is 5.55. The maximum Gasteiger partial charge on any atom is 0.138 e. The van der Waals surface area contributed by atoms with Crippen LogP contribution in [-0.2, 0) is 6.54 Å². The SMILES string of the molecule is CCN(C)Cc1ccc(OC)c(Cl)c1Cl. The van der Waals surface area contributed by atoms with E-state index in [1.807, 2.05) is 19.2 Å². The van der Waals surface area contributed by atoms with Crippen molar-refractivity contribution in [3.63, 3.8) is 0 Å². The van der Waals surface area contributed by atoms with E-state index in [0.29, 0.717) is 15.8 Å². The van der Waals surface area contributed by atoms with Crippen LogP contribution in [0.25, 0.3) is 0 Å². The summed E-state index contributed by atoms with van der Waals surface area (Å²) >= 11 is 12.2. The minimum atomic E-state index is 0.487. The van der Waals surface area contributed by atoms with E-state index in [4.69, 9.17) is 27.9 Å². The molecule has 4 heteroatoms. The Bertz CT molecular complexity index is 342. The number of rotatable bonds is 4. The molecule has 0 N–H and O–H groups in total. The van der Waals surface area contributed by atoms with Crippen LogP contribution in [0.3, 0.4) is 0 Å². The summed E-state index contributed by atoms with van der Waals surface area (Å²) in [5, 5.41) is 1.07. The molecule has 0 radical (unpaired) electrons. The fraction of sp³-hybridized carbons (Fsp3) is 0.455. The van der Waals surface area contributed by atoms with Gasteiger partial charge in [-0.2, -0.15) is 0 Å². The molecule has 0 saturated carbocycles. The molecule has 0 aliphatic rings. The highest BCUT2D eigenvalue weighted by atomic mass is 35.5. The van der Waals surface area contributed by atoms with Gasteiger partial charge in [0.05, 0.1) is 12.1 Å². The average molecular weight is 248 g/mol. The van der Waals surface area contributed by atoms with Gasteiger partial charge in [-0.3, -0.25) is 0 Å². The molecule has 0 heterocycles. The van der Waals surface area contributed by atoms with Gasteiger partial charge in [0.25, 0.3) is 0 Å². The molecule has 1 aromatic carbocycles. The van der Waals surface area contributed by atoms with Gasteiger partial charge >= 0.3 is 0 Å². The number of hydrogen-bond donors (Lipinski definition) is 0. The van der Waals surface area contributed by atoms with Gasteiger partial charge in [0.1, 0.15) is 10.8 Å². The highest BCUT2D eigenvalue weighted by Crippen LogP contribution is 2.34. The number of benzene rings is 1. The highest BCUT2D eigenvalue weighted by Gasteiger charge is 2.11. The van der Waals surface area contributed by atoms with Crippen LogP contribution in [0.15, 0.2) is 12.1 Å². The fourth-order valence-corrected chi connectivity index (χ4v) is 1.73. The number of methoxy groups -OCH3 is 1. The average Bonchev–Trinajstić information content (AvgIpc) is 2.25. The molecule has 2 nitrogen and oxygen atoms in total. The topological polar surface area (TPSA) is 12.5 Å². The predicted molar refractivity (Wildman–Crippen MR) is 65.0 cm³/mol. The van der Waals surface area contributed by atoms with Crippen molar-refractivity contribution in [2.24, 2.45) is 0 Å². The van der Waals surface area contributed by atoms with Gasteiger partial charge in [-0.05, 0) is 25.2 Å². The van der Waals surface area contributed by atoms with Crippen LogP contribution in [0.5, 0.6) is 5.75 Å². The number of halogens is 2. The minimum Gasteiger partial charge on any atom is -0.495 e. The lowest BCUT2D eigenvalue weighted by molar-refractivity contribution is 0.345. The Balaban J connectivity index is 2.96. The van der Waals surface area contributed by atoms with Crippen molar-refractivity contribution in [3.8, 4) is 5.75 Å². The van der Waals surface area contributed by atoms with Crippen molar-refractivity contribution in [2.75, 3.05) is 20.7 Å². The maximum atomic E-state index is 6.14. The lowest BCUT2D eigenvalue weighted by Gasteiger charge is -2.16. The molecular formula is C11H15Cl2NO. The maximum absolute atomic E-state index is 6.14. The summed E-state index contributed by atoms with van der Waals surface area (Å²) in [7, 11) is 3.61. The second-order valence-electron chi connectivity index (χ2n) is 3.39. The molecule has 0 bridgehead atoms. The summed E-state index contributed by atoms with van der Waals surface area (Å²) in [6.45, 7) is 3.86. The van der Waals surface area contributed by atoms with E-state index >= 15 is 0 Å². The molecule has 15 heavy (non-hydrogen) atoms. The molecular weight excluding hydrogens is 233 g/mol. The Morgan fingerprint density at radius 1 is 1.27 bits per heavy atom. The van der Waals surface area contributed by atoms with Gasteiger partial charge in [0.15, 0.2) is 0 Å². The third kappa shape index (κ3) is 3.00. The Morgan fingerprint density at radius 3 is 2.47 bits per heavy atom. The van der Waals surface area contributed by atoms with E-state index in [2.05, 4.69) is 11.8 Å². The van der Waals surface area contributed by atoms with Crippen LogP contribution in [-0.4, -0.2) is 25.6 Å². The first kappa shape index (κ1) is 12.6. The van der Waals surface area contributed by atoms with Crippen molar-refractivity contribution in [3.05, 3.63) is 27.7 Å². The van der Waals surface area contributed by atoms with Crippen molar-refractivity contribution in [1.29, 1.82) is 0 Å². The normalized spacial score (nSPS) is 10.8. The molecule has 1 aromatic rings. The Kier molecular flexibility index (Phi) is 4.71. The van der Waals surface area contributed by atoms with Crippen LogP contribution in [0.2, 0.25) is 10.0 Å². The molecule has 1 rings (SSSR count). The standard InChI is InChI=1S/C11H15Cl2NO/c1-4-14(2)7-8-5-6-9(15-3)11(13)10(8)12/h5-6H,4,7H2,1-3H3. The molecule has 0 amide bonds. The Morgan fingerprint density at radius 2 is 1.93 bits per heavy atom. The van der Waals surface area contributed by atoms with E-state index in [1.165, 1.54) is 0 Å². The third-order valence-electron chi connectivity index (χ3n) is 2.33. The van der Waals surface area contributed by atoms with Crippen LogP contribution in [0.1, 0.15) is 12.5 Å². The molecule has 84 valence electrons. The summed E-state index contributed by atoms with van der Waals surface area (Å²) in [5.41, 5.74) is 1.02. The van der Waals surface area contributed by atoms with E-state index in [0.717, 1.165) is 18.7 Å². The zero-order valence-electron chi connectivity index (χ0n) is 9.18. The van der Waals surface area contributed by atoms with Crippen LogP contribution < -0.4 is 4.74 Å². The lowest BCUT2D eigenvalue weighted by Crippen LogP contribution is -2.17. The Hall–Kier alpha value is -0.440. The zero-order valence-corrected chi connectivity index (χ0v) is 10.7. The second kappa shape index (κ2) is 5.59. The molecule has 0 aliphatic heterocycles. The largest absolute Gasteiger partial charge is 0.495 e. The number of nitrogens with zero attached hydrogens (tertiary/aromatic N) is 1. The quantitative estimate of drug-likeness (QED) is 0.809. The summed E-state index contributed by atoms with van der Waals surface area (Å²) < 4.78 is 5.08. The smallest absolute Gasteiger partial charge is 0.138 e. The summed E-state index contributed by atoms with van der Waals surface area (Å²) in [4.78, 5) is 2.16. The summed E-state index contributed by atoms with van der Waals surface area (Å²) in [5.74, 6) is 0.615. The molecule has 0 fully saturated rings. The van der Waals surface area contributed by atoms with Crippen molar-refractivity contribution in [1.82, 2.24) is 4.90 Å². The highest BCUT2D eigenvalue weighted by molar-refractivity contribution is 6.43. The van der Waals surface area contributed by atoms with Crippen LogP contribution in [0.4, 0.5) is 0 Å². The Labute approximate surface area is 101 Å². The molecule has 0 unspecified atom stereocenters. The van der Waals surface area contributed by atoms with E-state index < -0.39 is 0 Å². The first-order chi connectivity index (χ1) is 7.10. The van der Waals surface area contributed by atoms with Crippen LogP contribution in [0, 0.1) is 0 Å². The van der Waals surface area contributed by atoms with E-state index in [-0.39, 0.29) is 0 Å². The van der Waals surface area contributed by atoms with E-state index in [1.54, 1.807) is 7.11 Å². The zero-order chi connectivity index (χ0) is 11.4. The molecule has 0 aromatic heterocycles. The molecule has 0 spiro atoms. The van der Waals surface area contributed by atoms with Gasteiger partial charge < -0.3 is 9.64 Å². The lowest BCUT2D eigenvalue weighted by atomic mass is 10.2. The van der Waals surface area contributed by atoms with Gasteiger partial charge in [-0.15, -0.1) is 0 Å². The number of ether oxygens (including phenoxy) is 1. The second-order valence-corrected chi connectivity index (χ2v) is 4.14. The van der Waals surface area contributed by atoms with Gasteiger partial charge in [-0.25, -0.2) is 0 Å². The summed E-state index contributed by atoms with van der Waals surface area (Å²) in [6.07, 6.45) is 0. The first-order valence-electron chi connectivity index (χ1n) is 4.79. The van der Waals surface area contributed by atoms with Gasteiger partial charge in [-0.1, -0.05) is 36.2 Å². The number of hydrogen-bond acceptors (Lipinski definition) is 2.